The van der Waals surface area contributed by atoms with Crippen LogP contribution in [-0.2, 0) is 23.8 Å². The Morgan fingerprint density at radius 3 is 1.71 bits per heavy atom. The molecule has 0 saturated carbocycles. The van der Waals surface area contributed by atoms with Crippen molar-refractivity contribution < 1.29 is 49.3 Å². The Bertz CT molecular complexity index is 1170. The first-order chi connectivity index (χ1) is 30.2. The molecule has 1 saturated heterocycles. The second-order valence-corrected chi connectivity index (χ2v) is 17.2. The van der Waals surface area contributed by atoms with Gasteiger partial charge in [-0.1, -0.05) is 159 Å². The fourth-order valence-electron chi connectivity index (χ4n) is 7.36. The molecule has 360 valence electrons. The number of esters is 1. The van der Waals surface area contributed by atoms with E-state index in [1.54, 1.807) is 6.08 Å². The van der Waals surface area contributed by atoms with E-state index in [4.69, 9.17) is 14.2 Å². The van der Waals surface area contributed by atoms with E-state index in [2.05, 4.69) is 43.5 Å². The molecule has 0 aromatic heterocycles. The Labute approximate surface area is 376 Å². The lowest BCUT2D eigenvalue weighted by Gasteiger charge is -2.40. The lowest BCUT2D eigenvalue weighted by atomic mass is 9.99. The van der Waals surface area contributed by atoms with E-state index in [0.29, 0.717) is 19.4 Å². The van der Waals surface area contributed by atoms with Gasteiger partial charge in [0.1, 0.15) is 24.4 Å². The van der Waals surface area contributed by atoms with Crippen LogP contribution in [0, 0.1) is 0 Å². The van der Waals surface area contributed by atoms with Crippen LogP contribution in [0.25, 0.3) is 0 Å². The third-order valence-electron chi connectivity index (χ3n) is 11.4. The molecule has 0 aromatic carbocycles. The van der Waals surface area contributed by atoms with Crippen molar-refractivity contribution >= 4 is 11.9 Å². The minimum absolute atomic E-state index is 0.0508. The first kappa shape index (κ1) is 57.6. The van der Waals surface area contributed by atoms with Crippen LogP contribution in [0.5, 0.6) is 0 Å². The van der Waals surface area contributed by atoms with Gasteiger partial charge in [-0.25, -0.2) is 0 Å². The number of ether oxygens (including phenoxy) is 3. The number of nitrogens with one attached hydrogen (secondary N) is 1. The van der Waals surface area contributed by atoms with Gasteiger partial charge in [-0.2, -0.15) is 0 Å². The summed E-state index contributed by atoms with van der Waals surface area (Å²) in [6.45, 7) is 4.16. The SMILES string of the molecule is CCCCC/C=C\CCCCCCCC(=O)OCCCCCCCC/C=C\C/C=C\CCC(=O)NC(COC1OC(CO)C(O)C(O)C1O)C(O)/C=C/CCCCCCCCC. The third kappa shape index (κ3) is 31.5. The molecule has 0 aliphatic carbocycles. The zero-order valence-corrected chi connectivity index (χ0v) is 39.1. The predicted molar refractivity (Wildman–Crippen MR) is 250 cm³/mol. The molecule has 1 heterocycles. The summed E-state index contributed by atoms with van der Waals surface area (Å²) in [5, 5.41) is 53.9. The summed E-state index contributed by atoms with van der Waals surface area (Å²) >= 11 is 0. The number of hydrogen-bond donors (Lipinski definition) is 6. The minimum atomic E-state index is -1.59. The lowest BCUT2D eigenvalue weighted by Crippen LogP contribution is -2.60. The van der Waals surface area contributed by atoms with Crippen LogP contribution in [0.3, 0.4) is 0 Å². The molecular weight excluding hydrogens is 787 g/mol. The number of amides is 1. The maximum atomic E-state index is 12.9. The van der Waals surface area contributed by atoms with E-state index in [0.717, 1.165) is 70.6 Å². The van der Waals surface area contributed by atoms with Gasteiger partial charge in [0.05, 0.1) is 32.0 Å². The highest BCUT2D eigenvalue weighted by molar-refractivity contribution is 5.76. The molecule has 7 atom stereocenters. The van der Waals surface area contributed by atoms with Gasteiger partial charge in [0.2, 0.25) is 5.91 Å². The molecule has 7 unspecified atom stereocenters. The van der Waals surface area contributed by atoms with Crippen molar-refractivity contribution in [2.45, 2.75) is 243 Å². The van der Waals surface area contributed by atoms with Crippen molar-refractivity contribution in [1.82, 2.24) is 5.32 Å². The molecule has 1 aliphatic heterocycles. The van der Waals surface area contributed by atoms with Crippen LogP contribution in [0.1, 0.15) is 200 Å². The van der Waals surface area contributed by atoms with Crippen LogP contribution in [-0.4, -0.2) is 100 Å². The molecular formula is C51H91NO10. The number of hydrogen-bond acceptors (Lipinski definition) is 10. The molecule has 11 nitrogen and oxygen atoms in total. The van der Waals surface area contributed by atoms with Crippen molar-refractivity contribution in [1.29, 1.82) is 0 Å². The first-order valence-corrected chi connectivity index (χ1v) is 24.9. The van der Waals surface area contributed by atoms with Crippen LogP contribution in [0.2, 0.25) is 0 Å². The summed E-state index contributed by atoms with van der Waals surface area (Å²) in [5.74, 6) is -0.318. The Hall–Kier alpha value is -2.38. The number of aliphatic hydroxyl groups excluding tert-OH is 5. The smallest absolute Gasteiger partial charge is 0.305 e. The molecule has 0 bridgehead atoms. The van der Waals surface area contributed by atoms with E-state index in [1.165, 1.54) is 96.3 Å². The maximum absolute atomic E-state index is 12.9. The molecule has 1 rings (SSSR count). The Morgan fingerprint density at radius 1 is 0.597 bits per heavy atom. The summed E-state index contributed by atoms with van der Waals surface area (Å²) < 4.78 is 16.6. The van der Waals surface area contributed by atoms with Crippen LogP contribution in [0.4, 0.5) is 0 Å². The molecule has 1 amide bonds. The monoisotopic (exact) mass is 878 g/mol. The highest BCUT2D eigenvalue weighted by Crippen LogP contribution is 2.22. The summed E-state index contributed by atoms with van der Waals surface area (Å²) in [7, 11) is 0. The topological polar surface area (TPSA) is 175 Å². The fourth-order valence-corrected chi connectivity index (χ4v) is 7.36. The van der Waals surface area contributed by atoms with Crippen molar-refractivity contribution in [2.24, 2.45) is 0 Å². The Morgan fingerprint density at radius 2 is 1.10 bits per heavy atom. The van der Waals surface area contributed by atoms with Crippen molar-refractivity contribution in [3.8, 4) is 0 Å². The molecule has 6 N–H and O–H groups in total. The van der Waals surface area contributed by atoms with Gasteiger partial charge in [-0.3, -0.25) is 9.59 Å². The molecule has 11 heteroatoms. The standard InChI is InChI=1S/C51H91NO10/c1-3-5-7-9-11-13-14-19-23-27-31-35-39-47(56)60-40-36-32-28-24-20-17-15-16-18-22-26-30-34-38-46(55)52-43(44(54)37-33-29-25-21-12-10-8-6-4-2)42-61-51-50(59)49(58)48(57)45(41-53)62-51/h11,13,16,18,26,30,33,37,43-45,48-51,53-54,57-59H,3-10,12,14-15,17,19-25,27-29,31-32,34-36,38-42H2,1-2H3,(H,52,55)/b13-11-,18-16-,30-26-,37-33+. The van der Waals surface area contributed by atoms with Gasteiger partial charge in [0.25, 0.3) is 0 Å². The quantitative estimate of drug-likeness (QED) is 0.0197. The van der Waals surface area contributed by atoms with E-state index in [1.807, 2.05) is 18.2 Å². The summed E-state index contributed by atoms with van der Waals surface area (Å²) in [6, 6.07) is -0.853. The van der Waals surface area contributed by atoms with E-state index in [9.17, 15) is 35.1 Å². The van der Waals surface area contributed by atoms with Gasteiger partial charge >= 0.3 is 5.97 Å². The molecule has 0 aromatic rings. The highest BCUT2D eigenvalue weighted by Gasteiger charge is 2.44. The Kier molecular flexibility index (Phi) is 38.4. The molecule has 62 heavy (non-hydrogen) atoms. The number of carbonyl (C=O) groups excluding carboxylic acids is 2. The fraction of sp³-hybridized carbons (Fsp3) is 0.804. The maximum Gasteiger partial charge on any atom is 0.305 e. The molecule has 0 spiro atoms. The first-order valence-electron chi connectivity index (χ1n) is 24.9. The van der Waals surface area contributed by atoms with Crippen molar-refractivity contribution in [3.05, 3.63) is 48.6 Å². The number of aliphatic hydroxyl groups is 5. The number of rotatable bonds is 41. The number of carbonyl (C=O) groups is 2. The summed E-state index contributed by atoms with van der Waals surface area (Å²) in [5.41, 5.74) is 0. The second-order valence-electron chi connectivity index (χ2n) is 17.2. The molecule has 1 fully saturated rings. The lowest BCUT2D eigenvalue weighted by molar-refractivity contribution is -0.302. The largest absolute Gasteiger partial charge is 0.466 e. The molecule has 1 aliphatic rings. The van der Waals surface area contributed by atoms with E-state index < -0.39 is 49.5 Å². The number of unbranched alkanes of at least 4 members (excludes halogenated alkanes) is 21. The average Bonchev–Trinajstić information content (AvgIpc) is 3.27. The van der Waals surface area contributed by atoms with E-state index in [-0.39, 0.29) is 24.9 Å². The van der Waals surface area contributed by atoms with Crippen LogP contribution >= 0.6 is 0 Å². The average molecular weight is 878 g/mol. The van der Waals surface area contributed by atoms with Gasteiger partial charge in [0, 0.05) is 12.8 Å². The zero-order chi connectivity index (χ0) is 45.3. The van der Waals surface area contributed by atoms with Crippen LogP contribution in [0.15, 0.2) is 48.6 Å². The van der Waals surface area contributed by atoms with Gasteiger partial charge in [-0.15, -0.1) is 0 Å². The number of allylic oxidation sites excluding steroid dienone is 7. The van der Waals surface area contributed by atoms with Gasteiger partial charge in [-0.05, 0) is 77.0 Å². The highest BCUT2D eigenvalue weighted by atomic mass is 16.7. The normalized spacial score (nSPS) is 20.5. The second kappa shape index (κ2) is 41.3. The third-order valence-corrected chi connectivity index (χ3v) is 11.4. The van der Waals surface area contributed by atoms with Crippen molar-refractivity contribution in [3.63, 3.8) is 0 Å². The Balaban J connectivity index is 2.21. The van der Waals surface area contributed by atoms with E-state index >= 15 is 0 Å². The van der Waals surface area contributed by atoms with Crippen LogP contribution < -0.4 is 5.32 Å². The molecule has 0 radical (unpaired) electrons. The zero-order valence-electron chi connectivity index (χ0n) is 39.1. The van der Waals surface area contributed by atoms with Gasteiger partial charge < -0.3 is 45.1 Å². The van der Waals surface area contributed by atoms with Gasteiger partial charge in [0.15, 0.2) is 6.29 Å². The van der Waals surface area contributed by atoms with Crippen molar-refractivity contribution in [2.75, 3.05) is 19.8 Å². The minimum Gasteiger partial charge on any atom is -0.466 e. The summed E-state index contributed by atoms with van der Waals surface area (Å²) in [6.07, 6.45) is 39.2. The predicted octanol–water partition coefficient (Wildman–Crippen LogP) is 9.77. The summed E-state index contributed by atoms with van der Waals surface area (Å²) in [4.78, 5) is 24.9.